The van der Waals surface area contributed by atoms with E-state index in [9.17, 15) is 24.0 Å². The monoisotopic (exact) mass is 440 g/mol. The Morgan fingerprint density at radius 3 is 1.90 bits per heavy atom. The Labute approximate surface area is 183 Å². The van der Waals surface area contributed by atoms with Crippen molar-refractivity contribution < 1.29 is 24.0 Å². The normalized spacial score (nSPS) is 19.1. The van der Waals surface area contributed by atoms with E-state index in [4.69, 9.17) is 5.73 Å². The average Bonchev–Trinajstić information content (AvgIpc) is 2.70. The van der Waals surface area contributed by atoms with Gasteiger partial charge in [-0.15, -0.1) is 0 Å². The summed E-state index contributed by atoms with van der Waals surface area (Å²) in [5.41, 5.74) is 5.17. The fourth-order valence-corrected chi connectivity index (χ4v) is 3.44. The van der Waals surface area contributed by atoms with Gasteiger partial charge in [0, 0.05) is 19.0 Å². The summed E-state index contributed by atoms with van der Waals surface area (Å²) in [7, 11) is 0. The Balaban J connectivity index is 2.43. The maximum absolute atomic E-state index is 12.5. The van der Waals surface area contributed by atoms with Gasteiger partial charge in [0.25, 0.3) is 0 Å². The molecule has 1 atom stereocenters. The topological polar surface area (TPSA) is 172 Å². The molecule has 176 valence electrons. The van der Waals surface area contributed by atoms with E-state index in [2.05, 4.69) is 26.6 Å². The molecule has 1 aliphatic carbocycles. The summed E-state index contributed by atoms with van der Waals surface area (Å²) in [5, 5.41) is 13.3. The maximum Gasteiger partial charge on any atom is 0.243 e. The van der Waals surface area contributed by atoms with Crippen molar-refractivity contribution in [3.05, 3.63) is 0 Å². The molecular formula is C20H36N6O5. The van der Waals surface area contributed by atoms with Crippen LogP contribution in [0.5, 0.6) is 0 Å². The van der Waals surface area contributed by atoms with E-state index in [1.54, 1.807) is 0 Å². The van der Waals surface area contributed by atoms with Crippen molar-refractivity contribution in [3.8, 4) is 0 Å². The molecule has 1 rings (SSSR count). The lowest BCUT2D eigenvalue weighted by molar-refractivity contribution is -0.131. The third-order valence-corrected chi connectivity index (χ3v) is 4.91. The third kappa shape index (κ3) is 11.3. The molecule has 7 N–H and O–H groups in total. The van der Waals surface area contributed by atoms with Crippen molar-refractivity contribution in [1.29, 1.82) is 0 Å². The first-order valence-electron chi connectivity index (χ1n) is 10.7. The van der Waals surface area contributed by atoms with Crippen molar-refractivity contribution in [3.63, 3.8) is 0 Å². The molecule has 0 aliphatic heterocycles. The number of carbonyl (C=O) groups excluding carboxylic acids is 5. The highest BCUT2D eigenvalue weighted by atomic mass is 16.2. The van der Waals surface area contributed by atoms with Crippen LogP contribution in [0.15, 0.2) is 0 Å². The van der Waals surface area contributed by atoms with Gasteiger partial charge in [0.2, 0.25) is 29.5 Å². The summed E-state index contributed by atoms with van der Waals surface area (Å²) < 4.78 is 0. The second-order valence-corrected chi connectivity index (χ2v) is 8.26. The number of hydrogen-bond donors (Lipinski definition) is 6. The Hall–Kier alpha value is -2.69. The summed E-state index contributed by atoms with van der Waals surface area (Å²) in [6.45, 7) is 4.60. The second-order valence-electron chi connectivity index (χ2n) is 8.26. The van der Waals surface area contributed by atoms with Crippen molar-refractivity contribution in [2.45, 2.75) is 71.0 Å². The fourth-order valence-electron chi connectivity index (χ4n) is 3.44. The molecule has 1 saturated carbocycles. The van der Waals surface area contributed by atoms with E-state index >= 15 is 0 Å². The van der Waals surface area contributed by atoms with Crippen LogP contribution in [0.1, 0.15) is 52.9 Å². The van der Waals surface area contributed by atoms with Crippen LogP contribution in [0.3, 0.4) is 0 Å². The number of nitrogens with two attached hydrogens (primary N) is 1. The van der Waals surface area contributed by atoms with Gasteiger partial charge in [-0.2, -0.15) is 0 Å². The van der Waals surface area contributed by atoms with E-state index in [0.717, 1.165) is 25.7 Å². The van der Waals surface area contributed by atoms with Crippen LogP contribution in [0.25, 0.3) is 0 Å². The van der Waals surface area contributed by atoms with Gasteiger partial charge < -0.3 is 32.3 Å². The lowest BCUT2D eigenvalue weighted by Crippen LogP contribution is -2.52. The van der Waals surface area contributed by atoms with Crippen molar-refractivity contribution in [1.82, 2.24) is 26.6 Å². The van der Waals surface area contributed by atoms with Crippen LogP contribution in [-0.2, 0) is 24.0 Å². The number of nitrogens with one attached hydrogen (secondary N) is 5. The van der Waals surface area contributed by atoms with E-state index in [0.29, 0.717) is 6.42 Å². The molecule has 11 nitrogen and oxygen atoms in total. The third-order valence-electron chi connectivity index (χ3n) is 4.91. The molecule has 1 aliphatic rings. The van der Waals surface area contributed by atoms with Gasteiger partial charge in [-0.1, -0.05) is 13.8 Å². The molecule has 0 unspecified atom stereocenters. The van der Waals surface area contributed by atoms with Crippen LogP contribution in [-0.4, -0.2) is 67.3 Å². The second kappa shape index (κ2) is 13.6. The molecule has 0 aromatic rings. The first-order valence-corrected chi connectivity index (χ1v) is 10.7. The molecule has 0 bridgehead atoms. The smallest absolute Gasteiger partial charge is 0.243 e. The Morgan fingerprint density at radius 2 is 1.39 bits per heavy atom. The van der Waals surface area contributed by atoms with Crippen LogP contribution in [0.2, 0.25) is 0 Å². The first kappa shape index (κ1) is 26.3. The van der Waals surface area contributed by atoms with E-state index < -0.39 is 23.8 Å². The lowest BCUT2D eigenvalue weighted by atomic mass is 9.91. The predicted molar refractivity (Wildman–Crippen MR) is 114 cm³/mol. The van der Waals surface area contributed by atoms with E-state index in [-0.39, 0.29) is 49.5 Å². The highest BCUT2D eigenvalue weighted by molar-refractivity contribution is 5.92. The zero-order chi connectivity index (χ0) is 23.4. The van der Waals surface area contributed by atoms with Gasteiger partial charge >= 0.3 is 0 Å². The van der Waals surface area contributed by atoms with Crippen LogP contribution in [0.4, 0.5) is 0 Å². The molecule has 0 saturated heterocycles. The molecular weight excluding hydrogens is 404 g/mol. The minimum Gasteiger partial charge on any atom is -0.354 e. The van der Waals surface area contributed by atoms with Crippen molar-refractivity contribution >= 4 is 29.5 Å². The predicted octanol–water partition coefficient (Wildman–Crippen LogP) is -1.73. The van der Waals surface area contributed by atoms with Gasteiger partial charge in [-0.25, -0.2) is 0 Å². The molecule has 0 aromatic carbocycles. The summed E-state index contributed by atoms with van der Waals surface area (Å²) in [5.74, 6) is -1.68. The summed E-state index contributed by atoms with van der Waals surface area (Å²) in [4.78, 5) is 59.0. The minimum atomic E-state index is -0.817. The number of rotatable bonds is 11. The maximum atomic E-state index is 12.5. The van der Waals surface area contributed by atoms with Crippen molar-refractivity contribution in [2.24, 2.45) is 11.7 Å². The molecule has 1 fully saturated rings. The molecule has 11 heteroatoms. The molecule has 0 aromatic heterocycles. The summed E-state index contributed by atoms with van der Waals surface area (Å²) in [6.07, 6.45) is 3.48. The standard InChI is InChI=1S/C20H36N6O5/c1-12(2)8-16(26-19(30)10-22-17(28)9-21)20(31)23-11-18(29)25-15-6-4-14(5-7-15)24-13(3)27/h12,14-16H,4-11,21H2,1-3H3,(H,22,28)(H,23,31)(H,24,27)(H,25,29)(H,26,30)/t14?,15?,16-/m0/s1. The summed E-state index contributed by atoms with van der Waals surface area (Å²) >= 11 is 0. The average molecular weight is 441 g/mol. The van der Waals surface area contributed by atoms with Crippen LogP contribution < -0.4 is 32.3 Å². The Kier molecular flexibility index (Phi) is 11.5. The Bertz CT molecular complexity index is 646. The van der Waals surface area contributed by atoms with Crippen LogP contribution >= 0.6 is 0 Å². The summed E-state index contributed by atoms with van der Waals surface area (Å²) in [6, 6.07) is -0.671. The van der Waals surface area contributed by atoms with Crippen molar-refractivity contribution in [2.75, 3.05) is 19.6 Å². The quantitative estimate of drug-likeness (QED) is 0.223. The number of carbonyl (C=O) groups is 5. The fraction of sp³-hybridized carbons (Fsp3) is 0.750. The van der Waals surface area contributed by atoms with Gasteiger partial charge in [-0.3, -0.25) is 24.0 Å². The molecule has 31 heavy (non-hydrogen) atoms. The SMILES string of the molecule is CC(=O)NC1CCC(NC(=O)CNC(=O)[C@H](CC(C)C)NC(=O)CNC(=O)CN)CC1. The molecule has 0 radical (unpaired) electrons. The lowest BCUT2D eigenvalue weighted by Gasteiger charge is -2.29. The molecule has 5 amide bonds. The van der Waals surface area contributed by atoms with Gasteiger partial charge in [-0.05, 0) is 38.0 Å². The van der Waals surface area contributed by atoms with Gasteiger partial charge in [0.1, 0.15) is 6.04 Å². The Morgan fingerprint density at radius 1 is 0.839 bits per heavy atom. The van der Waals surface area contributed by atoms with E-state index in [1.165, 1.54) is 6.92 Å². The first-order chi connectivity index (χ1) is 14.6. The largest absolute Gasteiger partial charge is 0.354 e. The zero-order valence-electron chi connectivity index (χ0n) is 18.6. The molecule has 0 spiro atoms. The van der Waals surface area contributed by atoms with Gasteiger partial charge in [0.15, 0.2) is 0 Å². The minimum absolute atomic E-state index is 0.00623. The van der Waals surface area contributed by atoms with Crippen LogP contribution in [0, 0.1) is 5.92 Å². The highest BCUT2D eigenvalue weighted by Gasteiger charge is 2.25. The number of amides is 5. The van der Waals surface area contributed by atoms with E-state index in [1.807, 2.05) is 13.8 Å². The zero-order valence-corrected chi connectivity index (χ0v) is 18.6. The van der Waals surface area contributed by atoms with Gasteiger partial charge in [0.05, 0.1) is 19.6 Å². The molecule has 0 heterocycles. The number of hydrogen-bond acceptors (Lipinski definition) is 6. The highest BCUT2D eigenvalue weighted by Crippen LogP contribution is 2.18.